The summed E-state index contributed by atoms with van der Waals surface area (Å²) in [5.74, 6) is -1.01. The lowest BCUT2D eigenvalue weighted by Crippen LogP contribution is -2.32. The van der Waals surface area contributed by atoms with Gasteiger partial charge in [-0.1, -0.05) is 19.8 Å². The topological polar surface area (TPSA) is 65.1 Å². The summed E-state index contributed by atoms with van der Waals surface area (Å²) in [7, 11) is 2.55. The van der Waals surface area contributed by atoms with Gasteiger partial charge in [0.05, 0.1) is 14.2 Å². The second kappa shape index (κ2) is 4.61. The van der Waals surface area contributed by atoms with E-state index in [0.29, 0.717) is 6.42 Å². The number of epoxide rings is 1. The third-order valence-corrected chi connectivity index (χ3v) is 2.54. The Labute approximate surface area is 88.7 Å². The van der Waals surface area contributed by atoms with Crippen LogP contribution in [0.3, 0.4) is 0 Å². The van der Waals surface area contributed by atoms with Gasteiger partial charge in [0.2, 0.25) is 5.60 Å². The van der Waals surface area contributed by atoms with E-state index in [9.17, 15) is 9.59 Å². The molecule has 86 valence electrons. The first-order valence-electron chi connectivity index (χ1n) is 4.96. The maximum atomic E-state index is 11.5. The van der Waals surface area contributed by atoms with Crippen molar-refractivity contribution in [2.75, 3.05) is 14.2 Å². The average Bonchev–Trinajstić information content (AvgIpc) is 3.00. The molecule has 0 aromatic rings. The van der Waals surface area contributed by atoms with E-state index in [-0.39, 0.29) is 0 Å². The van der Waals surface area contributed by atoms with Crippen molar-refractivity contribution in [1.82, 2.24) is 0 Å². The van der Waals surface area contributed by atoms with Crippen LogP contribution in [-0.2, 0) is 23.8 Å². The van der Waals surface area contributed by atoms with E-state index in [2.05, 4.69) is 9.47 Å². The number of ether oxygens (including phenoxy) is 3. The number of hydrogen-bond acceptors (Lipinski definition) is 5. The molecule has 1 rings (SSSR count). The summed E-state index contributed by atoms with van der Waals surface area (Å²) in [6.07, 6.45) is 1.44. The van der Waals surface area contributed by atoms with Crippen LogP contribution in [0.1, 0.15) is 26.2 Å². The number of carbonyl (C=O) groups excluding carboxylic acids is 2. The van der Waals surface area contributed by atoms with Gasteiger partial charge in [0, 0.05) is 0 Å². The molecule has 5 nitrogen and oxygen atoms in total. The van der Waals surface area contributed by atoms with Crippen LogP contribution in [-0.4, -0.2) is 37.9 Å². The van der Waals surface area contributed by atoms with Crippen molar-refractivity contribution in [3.8, 4) is 0 Å². The van der Waals surface area contributed by atoms with Gasteiger partial charge in [-0.15, -0.1) is 0 Å². The van der Waals surface area contributed by atoms with Gasteiger partial charge in [-0.25, -0.2) is 9.59 Å². The minimum absolute atomic E-state index is 0.494. The number of esters is 2. The van der Waals surface area contributed by atoms with Crippen LogP contribution in [0.2, 0.25) is 0 Å². The van der Waals surface area contributed by atoms with Gasteiger partial charge in [0.15, 0.2) is 6.10 Å². The van der Waals surface area contributed by atoms with Crippen LogP contribution in [0.4, 0.5) is 0 Å². The predicted molar refractivity (Wildman–Crippen MR) is 51.2 cm³/mol. The Hall–Kier alpha value is -1.10. The Morgan fingerprint density at radius 1 is 1.33 bits per heavy atom. The fourth-order valence-electron chi connectivity index (χ4n) is 1.58. The van der Waals surface area contributed by atoms with Gasteiger partial charge in [0.1, 0.15) is 0 Å². The largest absolute Gasteiger partial charge is 0.467 e. The first kappa shape index (κ1) is 12.0. The summed E-state index contributed by atoms with van der Waals surface area (Å²) in [6.45, 7) is 2.00. The van der Waals surface area contributed by atoms with E-state index in [4.69, 9.17) is 4.74 Å². The van der Waals surface area contributed by atoms with Crippen LogP contribution in [0, 0.1) is 0 Å². The lowest BCUT2D eigenvalue weighted by molar-refractivity contribution is -0.148. The van der Waals surface area contributed by atoms with E-state index < -0.39 is 23.6 Å². The molecule has 5 heteroatoms. The maximum absolute atomic E-state index is 11.5. The smallest absolute Gasteiger partial charge is 0.341 e. The van der Waals surface area contributed by atoms with Crippen LogP contribution in [0.25, 0.3) is 0 Å². The highest BCUT2D eigenvalue weighted by molar-refractivity contribution is 5.94. The predicted octanol–water partition coefficient (Wildman–Crippen LogP) is 0.660. The summed E-state index contributed by atoms with van der Waals surface area (Å²) in [5, 5.41) is 0. The zero-order valence-corrected chi connectivity index (χ0v) is 9.24. The Bertz CT molecular complexity index is 263. The standard InChI is InChI=1S/C10H16O5/c1-4-5-6-10(9(12)14-3)7(15-10)8(11)13-2/h7H,4-6H2,1-3H3/t7-,10-/m0/s1. The van der Waals surface area contributed by atoms with Crippen molar-refractivity contribution in [3.05, 3.63) is 0 Å². The zero-order valence-electron chi connectivity index (χ0n) is 9.24. The molecule has 0 aromatic heterocycles. The molecule has 0 N–H and O–H groups in total. The molecule has 0 amide bonds. The quantitative estimate of drug-likeness (QED) is 0.499. The fourth-order valence-corrected chi connectivity index (χ4v) is 1.58. The lowest BCUT2D eigenvalue weighted by atomic mass is 9.98. The molecule has 0 radical (unpaired) electrons. The molecule has 15 heavy (non-hydrogen) atoms. The highest BCUT2D eigenvalue weighted by Crippen LogP contribution is 2.42. The molecule has 2 atom stereocenters. The molecule has 0 unspecified atom stereocenters. The summed E-state index contributed by atoms with van der Waals surface area (Å²) in [4.78, 5) is 22.7. The first-order valence-corrected chi connectivity index (χ1v) is 4.96. The van der Waals surface area contributed by atoms with Gasteiger partial charge in [-0.2, -0.15) is 0 Å². The maximum Gasteiger partial charge on any atom is 0.341 e. The molecule has 1 aliphatic rings. The van der Waals surface area contributed by atoms with Crippen molar-refractivity contribution in [2.24, 2.45) is 0 Å². The Balaban J connectivity index is 2.66. The molecule has 1 saturated heterocycles. The van der Waals surface area contributed by atoms with Crippen molar-refractivity contribution >= 4 is 11.9 Å². The van der Waals surface area contributed by atoms with Crippen molar-refractivity contribution in [3.63, 3.8) is 0 Å². The zero-order chi connectivity index (χ0) is 11.5. The normalized spacial score (nSPS) is 28.3. The molecule has 0 spiro atoms. The first-order chi connectivity index (χ1) is 7.12. The summed E-state index contributed by atoms with van der Waals surface area (Å²) in [6, 6.07) is 0. The molecular weight excluding hydrogens is 200 g/mol. The summed E-state index contributed by atoms with van der Waals surface area (Å²) >= 11 is 0. The highest BCUT2D eigenvalue weighted by Gasteiger charge is 2.67. The molecule has 1 aliphatic heterocycles. The van der Waals surface area contributed by atoms with Crippen molar-refractivity contribution < 1.29 is 23.8 Å². The molecule has 0 saturated carbocycles. The van der Waals surface area contributed by atoms with Gasteiger partial charge in [-0.3, -0.25) is 0 Å². The molecule has 1 heterocycles. The van der Waals surface area contributed by atoms with Crippen molar-refractivity contribution in [1.29, 1.82) is 0 Å². The van der Waals surface area contributed by atoms with Gasteiger partial charge >= 0.3 is 11.9 Å². The number of rotatable bonds is 5. The number of methoxy groups -OCH3 is 2. The second-order valence-corrected chi connectivity index (χ2v) is 3.51. The van der Waals surface area contributed by atoms with E-state index >= 15 is 0 Å². The molecule has 0 bridgehead atoms. The Morgan fingerprint density at radius 2 is 2.00 bits per heavy atom. The number of hydrogen-bond donors (Lipinski definition) is 0. The van der Waals surface area contributed by atoms with Crippen LogP contribution in [0.15, 0.2) is 0 Å². The van der Waals surface area contributed by atoms with Crippen LogP contribution >= 0.6 is 0 Å². The lowest BCUT2D eigenvalue weighted by Gasteiger charge is -2.08. The molecule has 1 fully saturated rings. The fraction of sp³-hybridized carbons (Fsp3) is 0.800. The number of carbonyl (C=O) groups is 2. The summed E-state index contributed by atoms with van der Waals surface area (Å²) in [5.41, 5.74) is -1.09. The number of unbranched alkanes of at least 4 members (excludes halogenated alkanes) is 1. The minimum Gasteiger partial charge on any atom is -0.467 e. The van der Waals surface area contributed by atoms with Gasteiger partial charge in [0.25, 0.3) is 0 Å². The monoisotopic (exact) mass is 216 g/mol. The van der Waals surface area contributed by atoms with Crippen LogP contribution < -0.4 is 0 Å². The molecule has 0 aromatic carbocycles. The third-order valence-electron chi connectivity index (χ3n) is 2.54. The average molecular weight is 216 g/mol. The van der Waals surface area contributed by atoms with E-state index in [1.54, 1.807) is 0 Å². The van der Waals surface area contributed by atoms with E-state index in [1.807, 2.05) is 6.92 Å². The highest BCUT2D eigenvalue weighted by atomic mass is 16.7. The molecule has 0 aliphatic carbocycles. The van der Waals surface area contributed by atoms with Crippen molar-refractivity contribution in [2.45, 2.75) is 37.9 Å². The Kier molecular flexibility index (Phi) is 3.68. The van der Waals surface area contributed by atoms with E-state index in [1.165, 1.54) is 14.2 Å². The Morgan fingerprint density at radius 3 is 2.47 bits per heavy atom. The van der Waals surface area contributed by atoms with E-state index in [0.717, 1.165) is 12.8 Å². The SMILES string of the molecule is CCCC[C@]1(C(=O)OC)O[C@H]1C(=O)OC. The van der Waals surface area contributed by atoms with Gasteiger partial charge < -0.3 is 14.2 Å². The van der Waals surface area contributed by atoms with Crippen LogP contribution in [0.5, 0.6) is 0 Å². The minimum atomic E-state index is -1.09. The second-order valence-electron chi connectivity index (χ2n) is 3.51. The third kappa shape index (κ3) is 2.12. The van der Waals surface area contributed by atoms with Gasteiger partial charge in [-0.05, 0) is 6.42 Å². The molecular formula is C10H16O5. The summed E-state index contributed by atoms with van der Waals surface area (Å²) < 4.78 is 14.3.